The van der Waals surface area contributed by atoms with E-state index >= 15 is 0 Å². The summed E-state index contributed by atoms with van der Waals surface area (Å²) in [4.78, 5) is 4.86. The molecule has 0 amide bonds. The first-order chi connectivity index (χ1) is 7.29. The lowest BCUT2D eigenvalue weighted by molar-refractivity contribution is 0.602. The molecule has 0 N–H and O–H groups in total. The van der Waals surface area contributed by atoms with Crippen molar-refractivity contribution in [3.63, 3.8) is 0 Å². The first-order valence-electron chi connectivity index (χ1n) is 4.54. The van der Waals surface area contributed by atoms with Crippen molar-refractivity contribution in [2.24, 2.45) is 0 Å². The fourth-order valence-corrected chi connectivity index (χ4v) is 2.73. The minimum atomic E-state index is -0.212. The number of rotatable bonds is 3. The van der Waals surface area contributed by atoms with E-state index in [4.69, 9.17) is 0 Å². The van der Waals surface area contributed by atoms with Crippen LogP contribution in [0.2, 0.25) is 0 Å². The van der Waals surface area contributed by atoms with Crippen molar-refractivity contribution in [1.29, 1.82) is 0 Å². The second kappa shape index (κ2) is 4.72. The van der Waals surface area contributed by atoms with E-state index in [1.807, 2.05) is 13.0 Å². The Labute approximate surface area is 95.7 Å². The molecule has 5 heteroatoms. The van der Waals surface area contributed by atoms with Gasteiger partial charge in [0.15, 0.2) is 4.34 Å². The molecule has 2 aromatic rings. The summed E-state index contributed by atoms with van der Waals surface area (Å²) < 4.78 is 18.2. The highest BCUT2D eigenvalue weighted by Gasteiger charge is 2.07. The Kier molecular flexibility index (Phi) is 3.33. The Morgan fingerprint density at radius 2 is 2.20 bits per heavy atom. The first kappa shape index (κ1) is 10.6. The fourth-order valence-electron chi connectivity index (χ4n) is 1.04. The molecule has 0 aliphatic heterocycles. The maximum absolute atomic E-state index is 13.3. The van der Waals surface area contributed by atoms with Gasteiger partial charge in [-0.25, -0.2) is 9.37 Å². The van der Waals surface area contributed by atoms with Crippen LogP contribution in [0.3, 0.4) is 0 Å². The maximum Gasteiger partial charge on any atom is 0.174 e. The summed E-state index contributed by atoms with van der Waals surface area (Å²) >= 11 is 2.63. The SMILES string of the molecule is CCc1nsc(Sc2ccccc2F)n1. The van der Waals surface area contributed by atoms with Crippen molar-refractivity contribution in [2.75, 3.05) is 0 Å². The molecule has 78 valence electrons. The second-order valence-electron chi connectivity index (χ2n) is 2.86. The predicted molar refractivity (Wildman–Crippen MR) is 59.8 cm³/mol. The Morgan fingerprint density at radius 3 is 2.87 bits per heavy atom. The largest absolute Gasteiger partial charge is 0.213 e. The van der Waals surface area contributed by atoms with Crippen molar-refractivity contribution in [3.05, 3.63) is 35.9 Å². The number of aromatic nitrogens is 2. The molecule has 2 rings (SSSR count). The van der Waals surface area contributed by atoms with Crippen LogP contribution in [0, 0.1) is 5.82 Å². The summed E-state index contributed by atoms with van der Waals surface area (Å²) in [5.74, 6) is 0.606. The van der Waals surface area contributed by atoms with Crippen LogP contribution in [0.5, 0.6) is 0 Å². The van der Waals surface area contributed by atoms with Crippen LogP contribution in [0.1, 0.15) is 12.7 Å². The van der Waals surface area contributed by atoms with Gasteiger partial charge in [-0.1, -0.05) is 30.8 Å². The van der Waals surface area contributed by atoms with Crippen LogP contribution in [0.4, 0.5) is 4.39 Å². The lowest BCUT2D eigenvalue weighted by Gasteiger charge is -1.97. The van der Waals surface area contributed by atoms with Gasteiger partial charge in [0.2, 0.25) is 0 Å². The quantitative estimate of drug-likeness (QED) is 0.822. The first-order valence-corrected chi connectivity index (χ1v) is 6.13. The molecule has 1 aromatic carbocycles. The average molecular weight is 240 g/mol. The van der Waals surface area contributed by atoms with Gasteiger partial charge < -0.3 is 0 Å². The zero-order valence-corrected chi connectivity index (χ0v) is 9.74. The highest BCUT2D eigenvalue weighted by Crippen LogP contribution is 2.30. The summed E-state index contributed by atoms with van der Waals surface area (Å²) in [6, 6.07) is 6.68. The number of nitrogens with zero attached hydrogens (tertiary/aromatic N) is 2. The molecule has 1 heterocycles. The van der Waals surface area contributed by atoms with Gasteiger partial charge >= 0.3 is 0 Å². The minimum absolute atomic E-state index is 0.212. The van der Waals surface area contributed by atoms with Crippen LogP contribution < -0.4 is 0 Å². The fraction of sp³-hybridized carbons (Fsp3) is 0.200. The molecule has 2 nitrogen and oxygen atoms in total. The van der Waals surface area contributed by atoms with E-state index in [1.54, 1.807) is 12.1 Å². The molecule has 1 aromatic heterocycles. The third-order valence-corrected chi connectivity index (χ3v) is 3.64. The van der Waals surface area contributed by atoms with Gasteiger partial charge in [-0.3, -0.25) is 0 Å². The molecule has 0 aliphatic rings. The molecule has 0 atom stereocenters. The van der Waals surface area contributed by atoms with E-state index in [9.17, 15) is 4.39 Å². The Bertz CT molecular complexity index is 456. The monoisotopic (exact) mass is 240 g/mol. The molecular weight excluding hydrogens is 231 g/mol. The van der Waals surface area contributed by atoms with E-state index in [1.165, 1.54) is 29.4 Å². The van der Waals surface area contributed by atoms with Crippen LogP contribution >= 0.6 is 23.3 Å². The minimum Gasteiger partial charge on any atom is -0.213 e. The van der Waals surface area contributed by atoms with Crippen LogP contribution in [-0.2, 0) is 6.42 Å². The third kappa shape index (κ3) is 2.54. The average Bonchev–Trinajstić information content (AvgIpc) is 2.69. The Morgan fingerprint density at radius 1 is 1.40 bits per heavy atom. The van der Waals surface area contributed by atoms with Crippen molar-refractivity contribution < 1.29 is 4.39 Å². The molecular formula is C10H9FN2S2. The topological polar surface area (TPSA) is 25.8 Å². The molecule has 0 bridgehead atoms. The van der Waals surface area contributed by atoms with Crippen LogP contribution in [-0.4, -0.2) is 9.36 Å². The van der Waals surface area contributed by atoms with E-state index < -0.39 is 0 Å². The van der Waals surface area contributed by atoms with E-state index in [0.717, 1.165) is 16.6 Å². The van der Waals surface area contributed by atoms with Crippen LogP contribution in [0.25, 0.3) is 0 Å². The Balaban J connectivity index is 2.18. The summed E-state index contributed by atoms with van der Waals surface area (Å²) in [5, 5.41) is 0. The normalized spacial score (nSPS) is 10.5. The highest BCUT2D eigenvalue weighted by molar-refractivity contribution is 8.01. The van der Waals surface area contributed by atoms with Crippen molar-refractivity contribution >= 4 is 23.3 Å². The van der Waals surface area contributed by atoms with Gasteiger partial charge in [0.05, 0.1) is 4.90 Å². The molecule has 0 spiro atoms. The number of aryl methyl sites for hydroxylation is 1. The van der Waals surface area contributed by atoms with Gasteiger partial charge in [-0.15, -0.1) is 0 Å². The molecule has 0 unspecified atom stereocenters. The van der Waals surface area contributed by atoms with Crippen molar-refractivity contribution in [3.8, 4) is 0 Å². The zero-order valence-electron chi connectivity index (χ0n) is 8.11. The second-order valence-corrected chi connectivity index (χ2v) is 4.90. The van der Waals surface area contributed by atoms with Gasteiger partial charge in [-0.05, 0) is 23.7 Å². The zero-order chi connectivity index (χ0) is 10.7. The smallest absolute Gasteiger partial charge is 0.174 e. The summed E-state index contributed by atoms with van der Waals surface area (Å²) in [5.41, 5.74) is 0. The number of benzene rings is 1. The molecule has 0 saturated heterocycles. The van der Waals surface area contributed by atoms with Gasteiger partial charge in [-0.2, -0.15) is 4.37 Å². The van der Waals surface area contributed by atoms with Gasteiger partial charge in [0.1, 0.15) is 11.6 Å². The summed E-state index contributed by atoms with van der Waals surface area (Å²) in [6.07, 6.45) is 0.814. The molecule has 0 radical (unpaired) electrons. The Hall–Kier alpha value is -0.940. The lowest BCUT2D eigenvalue weighted by Crippen LogP contribution is -1.82. The summed E-state index contributed by atoms with van der Waals surface area (Å²) in [6.45, 7) is 2.00. The molecule has 0 fully saturated rings. The van der Waals surface area contributed by atoms with E-state index in [-0.39, 0.29) is 5.82 Å². The predicted octanol–water partition coefficient (Wildman–Crippen LogP) is 3.39. The van der Waals surface area contributed by atoms with Gasteiger partial charge in [0, 0.05) is 6.42 Å². The third-order valence-electron chi connectivity index (χ3n) is 1.80. The molecule has 0 saturated carbocycles. The molecule has 15 heavy (non-hydrogen) atoms. The number of hydrogen-bond acceptors (Lipinski definition) is 4. The van der Waals surface area contributed by atoms with E-state index in [2.05, 4.69) is 9.36 Å². The summed E-state index contributed by atoms with van der Waals surface area (Å²) in [7, 11) is 0. The van der Waals surface area contributed by atoms with Crippen molar-refractivity contribution in [1.82, 2.24) is 9.36 Å². The number of halogens is 1. The number of hydrogen-bond donors (Lipinski definition) is 0. The molecule has 0 aliphatic carbocycles. The van der Waals surface area contributed by atoms with E-state index in [0.29, 0.717) is 4.90 Å². The standard InChI is InChI=1S/C10H9FN2S2/c1-2-9-12-10(15-13-9)14-8-6-4-3-5-7(8)11/h3-6H,2H2,1H3. The maximum atomic E-state index is 13.3. The lowest BCUT2D eigenvalue weighted by atomic mass is 10.4. The van der Waals surface area contributed by atoms with Crippen molar-refractivity contribution in [2.45, 2.75) is 22.6 Å². The van der Waals surface area contributed by atoms with Gasteiger partial charge in [0.25, 0.3) is 0 Å². The van der Waals surface area contributed by atoms with Crippen LogP contribution in [0.15, 0.2) is 33.5 Å². The highest BCUT2D eigenvalue weighted by atomic mass is 32.2.